The predicted molar refractivity (Wildman–Crippen MR) is 46.8 cm³/mol. The van der Waals surface area contributed by atoms with Crippen LogP contribution in [0.4, 0.5) is 0 Å². The molecular formula is C8H12BNO3. The van der Waals surface area contributed by atoms with Gasteiger partial charge in [-0.3, -0.25) is 9.59 Å². The molecule has 0 aromatic heterocycles. The molecule has 1 saturated heterocycles. The molecule has 1 unspecified atom stereocenters. The fourth-order valence-corrected chi connectivity index (χ4v) is 1.36. The molecular weight excluding hydrogens is 169 g/mol. The van der Waals surface area contributed by atoms with Crippen molar-refractivity contribution >= 4 is 19.9 Å². The minimum absolute atomic E-state index is 0.299. The van der Waals surface area contributed by atoms with Gasteiger partial charge in [-0.2, -0.15) is 0 Å². The monoisotopic (exact) mass is 181 g/mol. The number of nitrogens with zero attached hydrogens (tertiary/aromatic N) is 1. The van der Waals surface area contributed by atoms with E-state index >= 15 is 0 Å². The molecule has 0 spiro atoms. The van der Waals surface area contributed by atoms with Crippen LogP contribution < -0.4 is 0 Å². The third-order valence-electron chi connectivity index (χ3n) is 2.04. The summed E-state index contributed by atoms with van der Waals surface area (Å²) < 4.78 is 4.76. The van der Waals surface area contributed by atoms with Crippen LogP contribution in [0.25, 0.3) is 0 Å². The van der Waals surface area contributed by atoms with E-state index in [4.69, 9.17) is 12.7 Å². The molecule has 1 amide bonds. The van der Waals surface area contributed by atoms with Gasteiger partial charge in [-0.05, 0) is 19.8 Å². The first-order valence-electron chi connectivity index (χ1n) is 4.39. The van der Waals surface area contributed by atoms with Crippen LogP contribution in [0.1, 0.15) is 19.8 Å². The van der Waals surface area contributed by atoms with Crippen molar-refractivity contribution in [3.05, 3.63) is 0 Å². The molecule has 0 N–H and O–H groups in total. The van der Waals surface area contributed by atoms with Crippen LogP contribution in [0.15, 0.2) is 0 Å². The summed E-state index contributed by atoms with van der Waals surface area (Å²) in [7, 11) is 5.38. The van der Waals surface area contributed by atoms with E-state index < -0.39 is 11.9 Å². The van der Waals surface area contributed by atoms with Gasteiger partial charge in [0.1, 0.15) is 5.92 Å². The highest BCUT2D eigenvalue weighted by Gasteiger charge is 2.32. The van der Waals surface area contributed by atoms with Gasteiger partial charge in [0.2, 0.25) is 13.9 Å². The summed E-state index contributed by atoms with van der Waals surface area (Å²) in [5, 5.41) is 0. The lowest BCUT2D eigenvalue weighted by atomic mass is 9.95. The maximum absolute atomic E-state index is 11.3. The van der Waals surface area contributed by atoms with Gasteiger partial charge in [0.15, 0.2) is 0 Å². The Balaban J connectivity index is 2.57. The summed E-state index contributed by atoms with van der Waals surface area (Å²) in [4.78, 5) is 23.7. The maximum atomic E-state index is 11.3. The number of hydrogen-bond acceptors (Lipinski definition) is 3. The molecule has 1 heterocycles. The zero-order valence-corrected chi connectivity index (χ0v) is 7.66. The Hall–Kier alpha value is -0.995. The second-order valence-corrected chi connectivity index (χ2v) is 2.98. The fraction of sp³-hybridized carbons (Fsp3) is 0.750. The Morgan fingerprint density at radius 3 is 3.08 bits per heavy atom. The third kappa shape index (κ3) is 2.23. The standard InChI is InChI=1S/C8H12BNO3/c1-2-13-8(12)6-4-3-5-10(9)7(6)11/h6H,2-5H2,1H3. The number of esters is 1. The normalized spacial score (nSPS) is 23.0. The minimum Gasteiger partial charge on any atom is -0.465 e. The third-order valence-corrected chi connectivity index (χ3v) is 2.04. The highest BCUT2D eigenvalue weighted by Crippen LogP contribution is 2.17. The van der Waals surface area contributed by atoms with E-state index in [2.05, 4.69) is 0 Å². The van der Waals surface area contributed by atoms with Crippen molar-refractivity contribution in [3.63, 3.8) is 0 Å². The summed E-state index contributed by atoms with van der Waals surface area (Å²) in [6, 6.07) is 0. The van der Waals surface area contributed by atoms with Gasteiger partial charge in [-0.15, -0.1) is 0 Å². The number of carbonyl (C=O) groups is 2. The van der Waals surface area contributed by atoms with Gasteiger partial charge in [0, 0.05) is 6.54 Å². The van der Waals surface area contributed by atoms with Gasteiger partial charge < -0.3 is 9.55 Å². The van der Waals surface area contributed by atoms with Crippen LogP contribution in [-0.4, -0.2) is 37.8 Å². The zero-order valence-electron chi connectivity index (χ0n) is 7.66. The predicted octanol–water partition coefficient (Wildman–Crippen LogP) is -0.128. The summed E-state index contributed by atoms with van der Waals surface area (Å²) >= 11 is 0. The van der Waals surface area contributed by atoms with E-state index in [0.717, 1.165) is 11.2 Å². The van der Waals surface area contributed by atoms with Gasteiger partial charge in [-0.1, -0.05) is 0 Å². The summed E-state index contributed by atoms with van der Waals surface area (Å²) in [6.45, 7) is 2.54. The van der Waals surface area contributed by atoms with Crippen LogP contribution >= 0.6 is 0 Å². The van der Waals surface area contributed by atoms with E-state index in [9.17, 15) is 9.59 Å². The number of piperidine rings is 1. The van der Waals surface area contributed by atoms with Crippen molar-refractivity contribution in [2.75, 3.05) is 13.2 Å². The Bertz CT molecular complexity index is 219. The molecule has 1 fully saturated rings. The number of rotatable bonds is 2. The van der Waals surface area contributed by atoms with Crippen molar-refractivity contribution in [1.82, 2.24) is 4.81 Å². The highest BCUT2D eigenvalue weighted by atomic mass is 16.5. The van der Waals surface area contributed by atoms with Crippen LogP contribution in [0.5, 0.6) is 0 Å². The van der Waals surface area contributed by atoms with E-state index in [1.165, 1.54) is 0 Å². The minimum atomic E-state index is -0.682. The second-order valence-electron chi connectivity index (χ2n) is 2.98. The van der Waals surface area contributed by atoms with Crippen molar-refractivity contribution < 1.29 is 14.3 Å². The van der Waals surface area contributed by atoms with Crippen LogP contribution in [0, 0.1) is 5.92 Å². The van der Waals surface area contributed by atoms with E-state index in [-0.39, 0.29) is 5.91 Å². The Morgan fingerprint density at radius 2 is 2.46 bits per heavy atom. The molecule has 1 atom stereocenters. The molecule has 70 valence electrons. The van der Waals surface area contributed by atoms with Crippen molar-refractivity contribution in [2.24, 2.45) is 5.92 Å². The van der Waals surface area contributed by atoms with Crippen molar-refractivity contribution in [1.29, 1.82) is 0 Å². The molecule has 0 aromatic carbocycles. The Labute approximate surface area is 78.7 Å². The lowest BCUT2D eigenvalue weighted by Crippen LogP contribution is -2.43. The average molecular weight is 181 g/mol. The van der Waals surface area contributed by atoms with Gasteiger partial charge in [-0.25, -0.2) is 0 Å². The first-order valence-corrected chi connectivity index (χ1v) is 4.39. The largest absolute Gasteiger partial charge is 0.465 e. The summed E-state index contributed by atoms with van der Waals surface area (Å²) in [6.07, 6.45) is 1.30. The molecule has 0 aromatic rings. The topological polar surface area (TPSA) is 46.6 Å². The van der Waals surface area contributed by atoms with Gasteiger partial charge in [0.05, 0.1) is 6.61 Å². The van der Waals surface area contributed by atoms with Crippen LogP contribution in [-0.2, 0) is 14.3 Å². The molecule has 13 heavy (non-hydrogen) atoms. The van der Waals surface area contributed by atoms with Gasteiger partial charge >= 0.3 is 5.97 Å². The molecule has 4 nitrogen and oxygen atoms in total. The second kappa shape index (κ2) is 4.30. The molecule has 0 aliphatic carbocycles. The molecule has 0 bridgehead atoms. The number of amides is 1. The smallest absolute Gasteiger partial charge is 0.318 e. The molecule has 1 aliphatic rings. The average Bonchev–Trinajstić information content (AvgIpc) is 2.10. The quantitative estimate of drug-likeness (QED) is 0.338. The first-order chi connectivity index (χ1) is 6.16. The molecule has 5 heteroatoms. The summed E-state index contributed by atoms with van der Waals surface area (Å²) in [5.41, 5.74) is 0. The highest BCUT2D eigenvalue weighted by molar-refractivity contribution is 6.17. The van der Waals surface area contributed by atoms with Gasteiger partial charge in [0.25, 0.3) is 0 Å². The lowest BCUT2D eigenvalue weighted by molar-refractivity contribution is -0.155. The van der Waals surface area contributed by atoms with E-state index in [1.807, 2.05) is 0 Å². The number of ether oxygens (including phenoxy) is 1. The van der Waals surface area contributed by atoms with Crippen molar-refractivity contribution in [2.45, 2.75) is 19.8 Å². The molecule has 2 radical (unpaired) electrons. The Morgan fingerprint density at radius 1 is 1.77 bits per heavy atom. The molecule has 1 aliphatic heterocycles. The molecule has 1 rings (SSSR count). The SMILES string of the molecule is [B]N1CCCC(C(=O)OCC)C1=O. The summed E-state index contributed by atoms with van der Waals surface area (Å²) in [5.74, 6) is -1.47. The van der Waals surface area contributed by atoms with Crippen molar-refractivity contribution in [3.8, 4) is 0 Å². The molecule has 0 saturated carbocycles. The first kappa shape index (κ1) is 10.1. The number of carbonyl (C=O) groups excluding carboxylic acids is 2. The van der Waals surface area contributed by atoms with E-state index in [0.29, 0.717) is 19.6 Å². The maximum Gasteiger partial charge on any atom is 0.318 e. The number of hydrogen-bond donors (Lipinski definition) is 0. The van der Waals surface area contributed by atoms with E-state index in [1.54, 1.807) is 6.92 Å². The zero-order chi connectivity index (χ0) is 9.84. The Kier molecular flexibility index (Phi) is 3.34. The fourth-order valence-electron chi connectivity index (χ4n) is 1.36. The lowest BCUT2D eigenvalue weighted by Gasteiger charge is -2.28. The van der Waals surface area contributed by atoms with Crippen LogP contribution in [0.3, 0.4) is 0 Å². The van der Waals surface area contributed by atoms with Crippen LogP contribution in [0.2, 0.25) is 0 Å².